The number of nitrogens with one attached hydrogen (secondary N) is 1. The van der Waals surface area contributed by atoms with Crippen molar-refractivity contribution in [2.45, 2.75) is 18.4 Å². The molecule has 0 unspecified atom stereocenters. The number of thioether (sulfide) groups is 1. The molecule has 0 aliphatic heterocycles. The molecule has 0 radical (unpaired) electrons. The van der Waals surface area contributed by atoms with Crippen molar-refractivity contribution in [1.82, 2.24) is 4.72 Å². The van der Waals surface area contributed by atoms with Crippen LogP contribution in [0.25, 0.3) is 0 Å². The van der Waals surface area contributed by atoms with Crippen molar-refractivity contribution in [3.8, 4) is 0 Å². The lowest BCUT2D eigenvalue weighted by molar-refractivity contribution is 0.584. The topological polar surface area (TPSA) is 49.4 Å². The van der Waals surface area contributed by atoms with Crippen LogP contribution in [0.2, 0.25) is 0 Å². The van der Waals surface area contributed by atoms with Gasteiger partial charge in [-0.3, -0.25) is 0 Å². The molecule has 0 spiro atoms. The fraction of sp³-hybridized carbons (Fsp3) is 0.333. The Bertz CT molecular complexity index is 763. The zero-order chi connectivity index (χ0) is 18.3. The Balaban J connectivity index is 2.20. The summed E-state index contributed by atoms with van der Waals surface area (Å²) < 4.78 is 39.7. The second-order valence-corrected chi connectivity index (χ2v) is 8.29. The van der Waals surface area contributed by atoms with Gasteiger partial charge in [0.05, 0.1) is 4.90 Å². The first kappa shape index (κ1) is 19.8. The molecule has 1 N–H and O–H groups in total. The zero-order valence-electron chi connectivity index (χ0n) is 14.4. The van der Waals surface area contributed by atoms with E-state index in [-0.39, 0.29) is 10.7 Å². The molecule has 4 nitrogen and oxygen atoms in total. The van der Waals surface area contributed by atoms with Crippen molar-refractivity contribution in [3.05, 3.63) is 59.9 Å². The summed E-state index contributed by atoms with van der Waals surface area (Å²) in [5.74, 6) is 0.691. The minimum absolute atomic E-state index is 0.252. The van der Waals surface area contributed by atoms with E-state index in [0.29, 0.717) is 13.1 Å². The largest absolute Gasteiger partial charge is 0.366 e. The van der Waals surface area contributed by atoms with Gasteiger partial charge in [0.25, 0.3) is 0 Å². The van der Waals surface area contributed by atoms with Crippen LogP contribution >= 0.6 is 11.8 Å². The molecule has 0 saturated heterocycles. The third-order valence-corrected chi connectivity index (χ3v) is 5.85. The smallest absolute Gasteiger partial charge is 0.240 e. The van der Waals surface area contributed by atoms with Gasteiger partial charge in [0, 0.05) is 31.1 Å². The number of sulfonamides is 1. The Morgan fingerprint density at radius 2 is 1.72 bits per heavy atom. The third-order valence-electron chi connectivity index (χ3n) is 3.70. The fourth-order valence-electron chi connectivity index (χ4n) is 2.42. The minimum atomic E-state index is -3.45. The molecule has 0 saturated carbocycles. The first-order valence-electron chi connectivity index (χ1n) is 8.04. The normalized spacial score (nSPS) is 11.5. The highest BCUT2D eigenvalue weighted by Gasteiger charge is 2.14. The molecule has 136 valence electrons. The first-order chi connectivity index (χ1) is 12.0. The molecule has 2 aromatic carbocycles. The molecule has 0 aliphatic rings. The molecular weight excluding hydrogens is 359 g/mol. The first-order valence-corrected chi connectivity index (χ1v) is 10.9. The van der Waals surface area contributed by atoms with Gasteiger partial charge in [-0.2, -0.15) is 11.8 Å². The second-order valence-electron chi connectivity index (χ2n) is 5.54. The number of rotatable bonds is 9. The maximum atomic E-state index is 13.1. The van der Waals surface area contributed by atoms with Crippen molar-refractivity contribution in [2.75, 3.05) is 30.0 Å². The maximum absolute atomic E-state index is 13.1. The van der Waals surface area contributed by atoms with E-state index in [0.717, 1.165) is 23.5 Å². The molecule has 7 heteroatoms. The molecule has 0 aliphatic carbocycles. The quantitative estimate of drug-likeness (QED) is 0.721. The lowest BCUT2D eigenvalue weighted by atomic mass is 10.2. The Labute approximate surface area is 153 Å². The predicted octanol–water partition coefficient (Wildman–Crippen LogP) is 3.49. The average molecular weight is 383 g/mol. The number of anilines is 1. The summed E-state index contributed by atoms with van der Waals surface area (Å²) >= 11 is 1.74. The van der Waals surface area contributed by atoms with Gasteiger partial charge in [-0.1, -0.05) is 19.1 Å². The number of nitrogens with zero attached hydrogens (tertiary/aromatic N) is 1. The van der Waals surface area contributed by atoms with Crippen LogP contribution in [0.4, 0.5) is 10.1 Å². The Kier molecular flexibility index (Phi) is 7.28. The summed E-state index contributed by atoms with van der Waals surface area (Å²) in [4.78, 5) is 2.41. The summed E-state index contributed by atoms with van der Waals surface area (Å²) in [6.45, 7) is 3.56. The Hall–Kier alpha value is -1.57. The van der Waals surface area contributed by atoms with Crippen LogP contribution < -0.4 is 9.62 Å². The summed E-state index contributed by atoms with van der Waals surface area (Å²) in [5.41, 5.74) is 1.95. The lowest BCUT2D eigenvalue weighted by Crippen LogP contribution is -2.26. The van der Waals surface area contributed by atoms with Gasteiger partial charge in [0.2, 0.25) is 10.0 Å². The monoisotopic (exact) mass is 382 g/mol. The molecular formula is C18H23FN2O2S2. The summed E-state index contributed by atoms with van der Waals surface area (Å²) in [5, 5.41) is 0. The molecule has 0 aromatic heterocycles. The molecule has 0 atom stereocenters. The highest BCUT2D eigenvalue weighted by Crippen LogP contribution is 2.21. The molecule has 2 aromatic rings. The third kappa shape index (κ3) is 5.73. The summed E-state index contributed by atoms with van der Waals surface area (Å²) in [7, 11) is -3.45. The fourth-order valence-corrected chi connectivity index (χ4v) is 3.86. The molecule has 0 bridgehead atoms. The zero-order valence-corrected chi connectivity index (χ0v) is 16.0. The highest BCUT2D eigenvalue weighted by atomic mass is 32.2. The standard InChI is InChI=1S/C18H23FN2O2S2/c1-3-20-25(22,23)18-10-8-17(9-11-18)21(12-13-24-2)14-15-4-6-16(19)7-5-15/h4-11,20H,3,12-14H2,1-2H3. The van der Waals surface area contributed by atoms with Gasteiger partial charge in [0.1, 0.15) is 5.82 Å². The van der Waals surface area contributed by atoms with Crippen LogP contribution in [0.1, 0.15) is 12.5 Å². The Morgan fingerprint density at radius 1 is 1.08 bits per heavy atom. The van der Waals surface area contributed by atoms with Gasteiger partial charge < -0.3 is 4.90 Å². The second kappa shape index (κ2) is 9.22. The average Bonchev–Trinajstić information content (AvgIpc) is 2.60. The van der Waals surface area contributed by atoms with E-state index in [2.05, 4.69) is 9.62 Å². The van der Waals surface area contributed by atoms with Gasteiger partial charge in [-0.05, 0) is 48.2 Å². The van der Waals surface area contributed by atoms with E-state index >= 15 is 0 Å². The van der Waals surface area contributed by atoms with Gasteiger partial charge in [-0.25, -0.2) is 17.5 Å². The van der Waals surface area contributed by atoms with Gasteiger partial charge in [-0.15, -0.1) is 0 Å². The van der Waals surface area contributed by atoms with Crippen LogP contribution in [0.5, 0.6) is 0 Å². The predicted molar refractivity (Wildman–Crippen MR) is 103 cm³/mol. The van der Waals surface area contributed by atoms with Crippen LogP contribution in [-0.2, 0) is 16.6 Å². The highest BCUT2D eigenvalue weighted by molar-refractivity contribution is 7.98. The number of halogens is 1. The van der Waals surface area contributed by atoms with Crippen LogP contribution in [0, 0.1) is 5.82 Å². The minimum Gasteiger partial charge on any atom is -0.366 e. The maximum Gasteiger partial charge on any atom is 0.240 e. The van der Waals surface area contributed by atoms with E-state index in [9.17, 15) is 12.8 Å². The van der Waals surface area contributed by atoms with Crippen molar-refractivity contribution in [1.29, 1.82) is 0 Å². The van der Waals surface area contributed by atoms with Crippen LogP contribution in [0.3, 0.4) is 0 Å². The van der Waals surface area contributed by atoms with E-state index in [1.54, 1.807) is 43.0 Å². The van der Waals surface area contributed by atoms with Crippen molar-refractivity contribution in [2.24, 2.45) is 0 Å². The van der Waals surface area contributed by atoms with Crippen molar-refractivity contribution in [3.63, 3.8) is 0 Å². The Morgan fingerprint density at radius 3 is 2.28 bits per heavy atom. The summed E-state index contributed by atoms with van der Waals surface area (Å²) in [6.07, 6.45) is 2.04. The lowest BCUT2D eigenvalue weighted by Gasteiger charge is -2.25. The van der Waals surface area contributed by atoms with Crippen LogP contribution in [-0.4, -0.2) is 33.5 Å². The SMILES string of the molecule is CCNS(=O)(=O)c1ccc(N(CCSC)Cc2ccc(F)cc2)cc1. The molecule has 25 heavy (non-hydrogen) atoms. The summed E-state index contributed by atoms with van der Waals surface area (Å²) in [6, 6.07) is 13.3. The van der Waals surface area contributed by atoms with Gasteiger partial charge in [0.15, 0.2) is 0 Å². The van der Waals surface area contributed by atoms with Crippen molar-refractivity contribution >= 4 is 27.5 Å². The van der Waals surface area contributed by atoms with E-state index in [1.807, 2.05) is 18.4 Å². The number of hydrogen-bond acceptors (Lipinski definition) is 4. The van der Waals surface area contributed by atoms with E-state index in [1.165, 1.54) is 12.1 Å². The number of hydrogen-bond donors (Lipinski definition) is 1. The molecule has 0 fully saturated rings. The molecule has 0 amide bonds. The van der Waals surface area contributed by atoms with Crippen molar-refractivity contribution < 1.29 is 12.8 Å². The van der Waals surface area contributed by atoms with Crippen LogP contribution in [0.15, 0.2) is 53.4 Å². The molecule has 0 heterocycles. The number of benzene rings is 2. The van der Waals surface area contributed by atoms with E-state index < -0.39 is 10.0 Å². The van der Waals surface area contributed by atoms with Gasteiger partial charge >= 0.3 is 0 Å². The van der Waals surface area contributed by atoms with E-state index in [4.69, 9.17) is 0 Å². The molecule has 2 rings (SSSR count).